The lowest BCUT2D eigenvalue weighted by Crippen LogP contribution is -2.66. The highest BCUT2D eigenvalue weighted by Gasteiger charge is 2.59. The monoisotopic (exact) mass is 473 g/mol. The Hall–Kier alpha value is -2.86. The van der Waals surface area contributed by atoms with Crippen molar-refractivity contribution in [2.45, 2.75) is 69.2 Å². The van der Waals surface area contributed by atoms with Gasteiger partial charge in [-0.3, -0.25) is 4.79 Å². The van der Waals surface area contributed by atoms with E-state index in [2.05, 4.69) is 34.9 Å². The Balaban J connectivity index is 1.05. The molecule has 0 spiro atoms. The summed E-state index contributed by atoms with van der Waals surface area (Å²) in [5.41, 5.74) is 3.20. The Kier molecular flexibility index (Phi) is 5.79. The molecule has 4 bridgehead atoms. The van der Waals surface area contributed by atoms with E-state index >= 15 is 0 Å². The van der Waals surface area contributed by atoms with Gasteiger partial charge in [-0.2, -0.15) is 0 Å². The molecule has 0 radical (unpaired) electrons. The van der Waals surface area contributed by atoms with E-state index in [4.69, 9.17) is 4.74 Å². The molecule has 4 aliphatic carbocycles. The van der Waals surface area contributed by atoms with Gasteiger partial charge in [-0.1, -0.05) is 54.6 Å². The summed E-state index contributed by atoms with van der Waals surface area (Å²) in [6, 6.07) is 18.5. The molecule has 35 heavy (non-hydrogen) atoms. The second-order valence-corrected chi connectivity index (χ2v) is 11.3. The normalized spacial score (nSPS) is 30.2. The molecule has 1 heterocycles. The molecule has 2 unspecified atom stereocenters. The highest BCUT2D eigenvalue weighted by atomic mass is 16.6. The molecule has 2 amide bonds. The van der Waals surface area contributed by atoms with Crippen molar-refractivity contribution >= 4 is 12.0 Å². The molecule has 1 aliphatic heterocycles. The molecular formula is C29H35N3O3. The summed E-state index contributed by atoms with van der Waals surface area (Å²) >= 11 is 0. The first-order valence-corrected chi connectivity index (χ1v) is 13.1. The average Bonchev–Trinajstić information content (AvgIpc) is 3.27. The molecule has 7 rings (SSSR count). The maximum Gasteiger partial charge on any atom is 0.407 e. The molecule has 0 saturated heterocycles. The lowest BCUT2D eigenvalue weighted by Gasteiger charge is -2.61. The first-order valence-electron chi connectivity index (χ1n) is 13.1. The molecule has 2 N–H and O–H groups in total. The highest BCUT2D eigenvalue weighted by molar-refractivity contribution is 5.79. The zero-order valence-corrected chi connectivity index (χ0v) is 20.3. The summed E-state index contributed by atoms with van der Waals surface area (Å²) in [5.74, 6) is 1.28. The number of alkyl carbamates (subject to hydrolysis) is 1. The third-order valence-corrected chi connectivity index (χ3v) is 8.65. The minimum absolute atomic E-state index is 0.101. The average molecular weight is 474 g/mol. The molecule has 6 heteroatoms. The van der Waals surface area contributed by atoms with Crippen molar-refractivity contribution < 1.29 is 14.3 Å². The van der Waals surface area contributed by atoms with Crippen molar-refractivity contribution in [1.82, 2.24) is 15.5 Å². The molecule has 0 aromatic heterocycles. The van der Waals surface area contributed by atoms with Gasteiger partial charge in [0.1, 0.15) is 5.60 Å². The second-order valence-electron chi connectivity index (χ2n) is 11.3. The Morgan fingerprint density at radius 2 is 1.57 bits per heavy atom. The number of fused-ring (bicyclic) bond motifs is 1. The van der Waals surface area contributed by atoms with E-state index in [0.29, 0.717) is 38.0 Å². The Morgan fingerprint density at radius 3 is 2.26 bits per heavy atom. The van der Waals surface area contributed by atoms with Gasteiger partial charge in [0.25, 0.3) is 0 Å². The Bertz CT molecular complexity index is 1060. The van der Waals surface area contributed by atoms with Crippen LogP contribution in [0.1, 0.15) is 55.2 Å². The number of amides is 2. The third kappa shape index (κ3) is 4.68. The molecular weight excluding hydrogens is 438 g/mol. The number of carbonyl (C=O) groups excluding carboxylic acids is 2. The lowest BCUT2D eigenvalue weighted by molar-refractivity contribution is -0.148. The fourth-order valence-electron chi connectivity index (χ4n) is 7.58. The van der Waals surface area contributed by atoms with E-state index in [-0.39, 0.29) is 17.5 Å². The van der Waals surface area contributed by atoms with Crippen LogP contribution in [0.4, 0.5) is 4.79 Å². The van der Waals surface area contributed by atoms with Crippen LogP contribution < -0.4 is 10.6 Å². The number of nitrogens with zero attached hydrogens (tertiary/aromatic N) is 1. The minimum atomic E-state index is -0.402. The van der Waals surface area contributed by atoms with Crippen LogP contribution >= 0.6 is 0 Å². The van der Waals surface area contributed by atoms with Crippen molar-refractivity contribution in [3.8, 4) is 0 Å². The number of nitrogens with one attached hydrogen (secondary N) is 2. The Labute approximate surface area is 207 Å². The van der Waals surface area contributed by atoms with Crippen LogP contribution in [-0.2, 0) is 29.0 Å². The van der Waals surface area contributed by atoms with E-state index in [1.807, 2.05) is 35.2 Å². The zero-order chi connectivity index (χ0) is 23.9. The summed E-state index contributed by atoms with van der Waals surface area (Å²) in [5, 5.41) is 6.66. The van der Waals surface area contributed by atoms with Crippen LogP contribution in [0.25, 0.3) is 0 Å². The first kappa shape index (κ1) is 22.6. The number of benzene rings is 2. The van der Waals surface area contributed by atoms with Gasteiger partial charge in [0.05, 0.1) is 6.54 Å². The molecule has 2 aromatic rings. The van der Waals surface area contributed by atoms with Crippen molar-refractivity contribution in [3.05, 3.63) is 71.3 Å². The van der Waals surface area contributed by atoms with Gasteiger partial charge in [-0.25, -0.2) is 4.79 Å². The van der Waals surface area contributed by atoms with Crippen molar-refractivity contribution in [2.75, 3.05) is 13.1 Å². The number of hydrogen-bond donors (Lipinski definition) is 2. The SMILES string of the molecule is O=C(NCCc1ccccc1)OC12CC3CC(CC(NCC(=O)N4Cc5ccccc5C4)(C3)C1)C2. The van der Waals surface area contributed by atoms with E-state index < -0.39 is 5.60 Å². The summed E-state index contributed by atoms with van der Waals surface area (Å²) in [6.45, 7) is 2.32. The molecule has 4 fully saturated rings. The van der Waals surface area contributed by atoms with Gasteiger partial charge in [0, 0.05) is 31.6 Å². The zero-order valence-electron chi connectivity index (χ0n) is 20.3. The van der Waals surface area contributed by atoms with Crippen LogP contribution in [0.15, 0.2) is 54.6 Å². The van der Waals surface area contributed by atoms with Crippen LogP contribution in [0.2, 0.25) is 0 Å². The maximum atomic E-state index is 13.1. The molecule has 184 valence electrons. The maximum absolute atomic E-state index is 13.1. The third-order valence-electron chi connectivity index (χ3n) is 8.65. The van der Waals surface area contributed by atoms with E-state index in [0.717, 1.165) is 38.5 Å². The van der Waals surface area contributed by atoms with Crippen LogP contribution in [0.5, 0.6) is 0 Å². The molecule has 5 aliphatic rings. The van der Waals surface area contributed by atoms with Crippen LogP contribution in [0.3, 0.4) is 0 Å². The second kappa shape index (κ2) is 8.98. The predicted molar refractivity (Wildman–Crippen MR) is 133 cm³/mol. The van der Waals surface area contributed by atoms with Crippen LogP contribution in [0, 0.1) is 11.8 Å². The summed E-state index contributed by atoms with van der Waals surface area (Å²) in [6.07, 6.45) is 6.59. The fraction of sp³-hybridized carbons (Fsp3) is 0.517. The van der Waals surface area contributed by atoms with Crippen molar-refractivity contribution in [3.63, 3.8) is 0 Å². The fourth-order valence-corrected chi connectivity index (χ4v) is 7.58. The molecule has 2 aromatic carbocycles. The topological polar surface area (TPSA) is 70.7 Å². The number of carbonyl (C=O) groups is 2. The molecule has 2 atom stereocenters. The van der Waals surface area contributed by atoms with Gasteiger partial charge >= 0.3 is 6.09 Å². The predicted octanol–water partition coefficient (Wildman–Crippen LogP) is 4.18. The number of ether oxygens (including phenoxy) is 1. The van der Waals surface area contributed by atoms with Crippen molar-refractivity contribution in [1.29, 1.82) is 0 Å². The van der Waals surface area contributed by atoms with E-state index in [1.54, 1.807) is 0 Å². The summed E-state index contributed by atoms with van der Waals surface area (Å²) in [7, 11) is 0. The molecule has 6 nitrogen and oxygen atoms in total. The number of rotatable bonds is 7. The van der Waals surface area contributed by atoms with E-state index in [9.17, 15) is 9.59 Å². The summed E-state index contributed by atoms with van der Waals surface area (Å²) < 4.78 is 6.18. The van der Waals surface area contributed by atoms with Gasteiger partial charge in [-0.05, 0) is 67.1 Å². The molecule has 4 saturated carbocycles. The van der Waals surface area contributed by atoms with Gasteiger partial charge in [-0.15, -0.1) is 0 Å². The lowest BCUT2D eigenvalue weighted by atomic mass is 9.51. The van der Waals surface area contributed by atoms with Gasteiger partial charge in [0.2, 0.25) is 5.91 Å². The first-order chi connectivity index (χ1) is 17.0. The smallest absolute Gasteiger partial charge is 0.407 e. The van der Waals surface area contributed by atoms with Crippen LogP contribution in [-0.4, -0.2) is 41.1 Å². The Morgan fingerprint density at radius 1 is 0.914 bits per heavy atom. The highest BCUT2D eigenvalue weighted by Crippen LogP contribution is 2.58. The minimum Gasteiger partial charge on any atom is -0.443 e. The van der Waals surface area contributed by atoms with Crippen molar-refractivity contribution in [2.24, 2.45) is 11.8 Å². The van der Waals surface area contributed by atoms with Gasteiger partial charge in [0.15, 0.2) is 0 Å². The summed E-state index contributed by atoms with van der Waals surface area (Å²) in [4.78, 5) is 27.8. The standard InChI is InChI=1S/C29H35N3O3/c33-26(32-18-24-8-4-5-9-25(24)19-32)17-31-28-13-22-12-23(14-28)16-29(15-22,20-28)35-27(34)30-11-10-21-6-2-1-3-7-21/h1-9,22-23,31H,10-20H2,(H,30,34). The quantitative estimate of drug-likeness (QED) is 0.633. The number of hydrogen-bond acceptors (Lipinski definition) is 4. The largest absolute Gasteiger partial charge is 0.443 e. The van der Waals surface area contributed by atoms with E-state index in [1.165, 1.54) is 23.1 Å². The van der Waals surface area contributed by atoms with Gasteiger partial charge < -0.3 is 20.3 Å².